The Morgan fingerprint density at radius 1 is 1.67 bits per heavy atom. The summed E-state index contributed by atoms with van der Waals surface area (Å²) in [5.41, 5.74) is 1.44. The molecular formula is C10H8IN3O. The average Bonchev–Trinajstić information content (AvgIpc) is 2.56. The molecule has 0 atom stereocenters. The first-order valence-corrected chi connectivity index (χ1v) is 5.38. The maximum atomic E-state index is 8.94. The fraction of sp³-hybridized carbons (Fsp3) is 0.200. The Hall–Kier alpha value is -1.13. The lowest BCUT2D eigenvalue weighted by atomic mass is 10.2. The molecule has 0 fully saturated rings. The van der Waals surface area contributed by atoms with E-state index >= 15 is 0 Å². The third kappa shape index (κ3) is 1.70. The van der Waals surface area contributed by atoms with Gasteiger partial charge < -0.3 is 4.74 Å². The van der Waals surface area contributed by atoms with E-state index in [-0.39, 0.29) is 0 Å². The molecule has 0 aliphatic carbocycles. The number of hydrogen-bond acceptors (Lipinski definition) is 3. The minimum Gasteiger partial charge on any atom is -0.364 e. The number of halogens is 1. The van der Waals surface area contributed by atoms with Crippen molar-refractivity contribution in [1.82, 2.24) is 9.55 Å². The van der Waals surface area contributed by atoms with Crippen LogP contribution in [0.4, 0.5) is 0 Å². The van der Waals surface area contributed by atoms with Crippen LogP contribution >= 0.6 is 22.6 Å². The summed E-state index contributed by atoms with van der Waals surface area (Å²) in [7, 11) is 1.63. The lowest BCUT2D eigenvalue weighted by Crippen LogP contribution is -2.02. The minimum absolute atomic E-state index is 0.448. The molecule has 76 valence electrons. The Morgan fingerprint density at radius 3 is 3.13 bits per heavy atom. The summed E-state index contributed by atoms with van der Waals surface area (Å²) < 4.78 is 8.02. The van der Waals surface area contributed by atoms with Gasteiger partial charge in [-0.15, -0.1) is 0 Å². The van der Waals surface area contributed by atoms with Gasteiger partial charge in [-0.2, -0.15) is 5.26 Å². The quantitative estimate of drug-likeness (QED) is 0.798. The van der Waals surface area contributed by atoms with E-state index in [4.69, 9.17) is 10.00 Å². The first kappa shape index (κ1) is 10.4. The number of fused-ring (bicyclic) bond motifs is 1. The smallest absolute Gasteiger partial charge is 0.143 e. The highest BCUT2D eigenvalue weighted by Gasteiger charge is 2.10. The van der Waals surface area contributed by atoms with Gasteiger partial charge in [0.2, 0.25) is 0 Å². The molecule has 2 aromatic heterocycles. The fourth-order valence-corrected chi connectivity index (χ4v) is 2.15. The molecular weight excluding hydrogens is 305 g/mol. The van der Waals surface area contributed by atoms with Crippen molar-refractivity contribution in [2.45, 2.75) is 6.73 Å². The molecule has 2 aromatic rings. The van der Waals surface area contributed by atoms with E-state index in [2.05, 4.69) is 33.6 Å². The lowest BCUT2D eigenvalue weighted by molar-refractivity contribution is 0.132. The van der Waals surface area contributed by atoms with Crippen LogP contribution in [0.1, 0.15) is 5.56 Å². The second-order valence-corrected chi connectivity index (χ2v) is 4.13. The largest absolute Gasteiger partial charge is 0.364 e. The van der Waals surface area contributed by atoms with Gasteiger partial charge in [-0.3, -0.25) is 4.57 Å². The van der Waals surface area contributed by atoms with Crippen LogP contribution in [-0.4, -0.2) is 16.7 Å². The highest BCUT2D eigenvalue weighted by atomic mass is 127. The molecule has 0 aliphatic rings. The second-order valence-electron chi connectivity index (χ2n) is 3.02. The highest BCUT2D eigenvalue weighted by Crippen LogP contribution is 2.22. The summed E-state index contributed by atoms with van der Waals surface area (Å²) in [4.78, 5) is 4.26. The first-order chi connectivity index (χ1) is 7.27. The number of methoxy groups -OCH3 is 1. The lowest BCUT2D eigenvalue weighted by Gasteiger charge is -2.03. The van der Waals surface area contributed by atoms with E-state index in [0.29, 0.717) is 12.3 Å². The maximum absolute atomic E-state index is 8.94. The molecule has 0 amide bonds. The predicted octanol–water partition coefficient (Wildman–Crippen LogP) is 2.12. The number of nitrogens with zero attached hydrogens (tertiary/aromatic N) is 3. The summed E-state index contributed by atoms with van der Waals surface area (Å²) in [6.45, 7) is 0.448. The van der Waals surface area contributed by atoms with Crippen molar-refractivity contribution in [3.05, 3.63) is 27.6 Å². The summed E-state index contributed by atoms with van der Waals surface area (Å²) in [6, 6.07) is 5.82. The maximum Gasteiger partial charge on any atom is 0.143 e. The Balaban J connectivity index is 2.74. The van der Waals surface area contributed by atoms with E-state index in [0.717, 1.165) is 14.7 Å². The van der Waals surface area contributed by atoms with Crippen LogP contribution in [0.5, 0.6) is 0 Å². The molecule has 5 heteroatoms. The van der Waals surface area contributed by atoms with Crippen molar-refractivity contribution in [2.75, 3.05) is 7.11 Å². The van der Waals surface area contributed by atoms with Gasteiger partial charge in [-0.05, 0) is 34.7 Å². The first-order valence-electron chi connectivity index (χ1n) is 4.30. The number of nitriles is 1. The molecule has 0 aromatic carbocycles. The van der Waals surface area contributed by atoms with Crippen molar-refractivity contribution in [1.29, 1.82) is 5.26 Å². The molecule has 0 unspecified atom stereocenters. The summed E-state index contributed by atoms with van der Waals surface area (Å²) in [6.07, 6.45) is 1.64. The van der Waals surface area contributed by atoms with Gasteiger partial charge in [0.05, 0.1) is 15.3 Å². The number of pyridine rings is 1. The van der Waals surface area contributed by atoms with Crippen molar-refractivity contribution < 1.29 is 4.74 Å². The van der Waals surface area contributed by atoms with Gasteiger partial charge in [0.15, 0.2) is 0 Å². The van der Waals surface area contributed by atoms with Crippen molar-refractivity contribution in [3.8, 4) is 6.07 Å². The monoisotopic (exact) mass is 313 g/mol. The van der Waals surface area contributed by atoms with Gasteiger partial charge in [0, 0.05) is 18.7 Å². The zero-order chi connectivity index (χ0) is 10.8. The Morgan fingerprint density at radius 2 is 2.47 bits per heavy atom. The van der Waals surface area contributed by atoms with Gasteiger partial charge >= 0.3 is 0 Å². The molecule has 0 spiro atoms. The van der Waals surface area contributed by atoms with Crippen LogP contribution in [0.25, 0.3) is 11.0 Å². The number of ether oxygens (including phenoxy) is 1. The molecule has 2 heterocycles. The summed E-state index contributed by atoms with van der Waals surface area (Å²) >= 11 is 2.20. The topological polar surface area (TPSA) is 50.8 Å². The zero-order valence-electron chi connectivity index (χ0n) is 8.07. The summed E-state index contributed by atoms with van der Waals surface area (Å²) in [5.74, 6) is 0. The van der Waals surface area contributed by atoms with Crippen molar-refractivity contribution in [3.63, 3.8) is 0 Å². The zero-order valence-corrected chi connectivity index (χ0v) is 10.2. The van der Waals surface area contributed by atoms with E-state index in [1.807, 2.05) is 10.6 Å². The Kier molecular flexibility index (Phi) is 2.88. The van der Waals surface area contributed by atoms with Gasteiger partial charge in [-0.25, -0.2) is 4.98 Å². The standard InChI is InChI=1S/C10H8IN3O/c1-15-6-14-9(11)4-8-7(5-12)2-3-13-10(8)14/h2-4H,6H2,1H3. The molecule has 0 saturated heterocycles. The van der Waals surface area contributed by atoms with Crippen LogP contribution in [-0.2, 0) is 11.5 Å². The van der Waals surface area contributed by atoms with E-state index in [1.54, 1.807) is 19.4 Å². The Labute approximate surface area is 101 Å². The third-order valence-corrected chi connectivity index (χ3v) is 3.02. The van der Waals surface area contributed by atoms with Gasteiger partial charge in [-0.1, -0.05) is 0 Å². The van der Waals surface area contributed by atoms with Crippen LogP contribution in [0, 0.1) is 15.0 Å². The minimum atomic E-state index is 0.448. The van der Waals surface area contributed by atoms with Crippen LogP contribution in [0.2, 0.25) is 0 Å². The van der Waals surface area contributed by atoms with Gasteiger partial charge in [0.25, 0.3) is 0 Å². The van der Waals surface area contributed by atoms with Crippen LogP contribution in [0.3, 0.4) is 0 Å². The number of aromatic nitrogens is 2. The molecule has 0 aliphatic heterocycles. The normalized spacial score (nSPS) is 10.5. The SMILES string of the molecule is COCn1c(I)cc2c(C#N)ccnc21. The molecule has 0 N–H and O–H groups in total. The molecule has 0 bridgehead atoms. The number of rotatable bonds is 2. The predicted molar refractivity (Wildman–Crippen MR) is 64.2 cm³/mol. The van der Waals surface area contributed by atoms with Crippen molar-refractivity contribution >= 4 is 33.6 Å². The molecule has 15 heavy (non-hydrogen) atoms. The van der Waals surface area contributed by atoms with Crippen molar-refractivity contribution in [2.24, 2.45) is 0 Å². The Bertz CT molecular complexity index is 541. The second kappa shape index (κ2) is 4.16. The molecule has 0 radical (unpaired) electrons. The van der Waals surface area contributed by atoms with E-state index in [1.165, 1.54) is 0 Å². The third-order valence-electron chi connectivity index (χ3n) is 2.12. The molecule has 0 saturated carbocycles. The highest BCUT2D eigenvalue weighted by molar-refractivity contribution is 14.1. The van der Waals surface area contributed by atoms with Crippen LogP contribution in [0.15, 0.2) is 18.3 Å². The molecule has 4 nitrogen and oxygen atoms in total. The van der Waals surface area contributed by atoms with E-state index < -0.39 is 0 Å². The number of hydrogen-bond donors (Lipinski definition) is 0. The van der Waals surface area contributed by atoms with Crippen LogP contribution < -0.4 is 0 Å². The fourth-order valence-electron chi connectivity index (χ4n) is 1.47. The molecule has 2 rings (SSSR count). The average molecular weight is 313 g/mol. The van der Waals surface area contributed by atoms with Gasteiger partial charge in [0.1, 0.15) is 12.4 Å². The summed E-state index contributed by atoms with van der Waals surface area (Å²) in [5, 5.41) is 9.82. The van der Waals surface area contributed by atoms with E-state index in [9.17, 15) is 0 Å².